The van der Waals surface area contributed by atoms with E-state index in [1.54, 1.807) is 0 Å². The first-order chi connectivity index (χ1) is 8.92. The Morgan fingerprint density at radius 3 is 2.44 bits per heavy atom. The molecule has 2 atom stereocenters. The second-order valence-corrected chi connectivity index (χ2v) is 6.82. The molecule has 0 bridgehead atoms. The van der Waals surface area contributed by atoms with Crippen LogP contribution < -0.4 is 5.32 Å². The van der Waals surface area contributed by atoms with Gasteiger partial charge in [-0.3, -0.25) is 0 Å². The first-order valence-electron chi connectivity index (χ1n) is 8.37. The first kappa shape index (κ1) is 12.9. The molecule has 104 valence electrons. The monoisotopic (exact) mass is 250 g/mol. The van der Waals surface area contributed by atoms with Gasteiger partial charge in [0.25, 0.3) is 0 Å². The van der Waals surface area contributed by atoms with Crippen LogP contribution in [0.5, 0.6) is 0 Å². The zero-order chi connectivity index (χ0) is 12.2. The minimum Gasteiger partial charge on any atom is -0.313 e. The minimum absolute atomic E-state index is 0.842. The van der Waals surface area contributed by atoms with Crippen LogP contribution >= 0.6 is 0 Å². The Labute approximate surface area is 113 Å². The predicted molar refractivity (Wildman–Crippen MR) is 76.8 cm³/mol. The van der Waals surface area contributed by atoms with Crippen molar-refractivity contribution in [3.8, 4) is 0 Å². The van der Waals surface area contributed by atoms with Crippen molar-refractivity contribution in [2.45, 2.75) is 63.8 Å². The third kappa shape index (κ3) is 3.71. The van der Waals surface area contributed by atoms with Crippen LogP contribution in [0.25, 0.3) is 0 Å². The van der Waals surface area contributed by atoms with Gasteiger partial charge in [-0.1, -0.05) is 19.3 Å². The Balaban J connectivity index is 1.32. The Kier molecular flexibility index (Phi) is 4.58. The average Bonchev–Trinajstić information content (AvgIpc) is 3.25. The van der Waals surface area contributed by atoms with Gasteiger partial charge in [0, 0.05) is 19.1 Å². The van der Waals surface area contributed by atoms with E-state index in [4.69, 9.17) is 0 Å². The zero-order valence-electron chi connectivity index (χ0n) is 11.9. The minimum atomic E-state index is 0.842. The van der Waals surface area contributed by atoms with Crippen molar-refractivity contribution in [2.75, 3.05) is 26.2 Å². The standard InChI is InChI=1S/C16H30N2/c1-2-10-18(11-3-1)12-9-17-16-6-4-5-15(13-16)14-7-8-14/h14-17H,1-13H2. The molecule has 2 nitrogen and oxygen atoms in total. The maximum atomic E-state index is 3.84. The van der Waals surface area contributed by atoms with Gasteiger partial charge in [0.05, 0.1) is 0 Å². The molecular formula is C16H30N2. The molecule has 0 aromatic heterocycles. The average molecular weight is 250 g/mol. The van der Waals surface area contributed by atoms with Crippen LogP contribution in [0.3, 0.4) is 0 Å². The maximum Gasteiger partial charge on any atom is 0.0107 e. The van der Waals surface area contributed by atoms with Gasteiger partial charge in [-0.2, -0.15) is 0 Å². The van der Waals surface area contributed by atoms with E-state index >= 15 is 0 Å². The quantitative estimate of drug-likeness (QED) is 0.807. The van der Waals surface area contributed by atoms with E-state index in [2.05, 4.69) is 10.2 Å². The summed E-state index contributed by atoms with van der Waals surface area (Å²) in [6, 6.07) is 0.842. The van der Waals surface area contributed by atoms with Crippen LogP contribution in [-0.4, -0.2) is 37.1 Å². The summed E-state index contributed by atoms with van der Waals surface area (Å²) in [6.07, 6.45) is 13.3. The molecule has 0 aromatic rings. The van der Waals surface area contributed by atoms with Gasteiger partial charge in [-0.25, -0.2) is 0 Å². The van der Waals surface area contributed by atoms with Crippen LogP contribution in [0.1, 0.15) is 57.8 Å². The van der Waals surface area contributed by atoms with Crippen molar-refractivity contribution in [2.24, 2.45) is 11.8 Å². The summed E-state index contributed by atoms with van der Waals surface area (Å²) in [5, 5.41) is 3.84. The summed E-state index contributed by atoms with van der Waals surface area (Å²) in [7, 11) is 0. The second kappa shape index (κ2) is 6.38. The number of piperidine rings is 1. The smallest absolute Gasteiger partial charge is 0.0107 e. The molecule has 1 aliphatic heterocycles. The lowest BCUT2D eigenvalue weighted by atomic mass is 9.83. The third-order valence-corrected chi connectivity index (χ3v) is 5.31. The SMILES string of the molecule is C1CCN(CCNC2CCCC(C3CC3)C2)CC1. The molecule has 2 heteroatoms. The number of nitrogens with zero attached hydrogens (tertiary/aromatic N) is 1. The lowest BCUT2D eigenvalue weighted by Crippen LogP contribution is -2.41. The first-order valence-corrected chi connectivity index (χ1v) is 8.37. The van der Waals surface area contributed by atoms with Gasteiger partial charge in [0.15, 0.2) is 0 Å². The van der Waals surface area contributed by atoms with Crippen molar-refractivity contribution >= 4 is 0 Å². The van der Waals surface area contributed by atoms with Gasteiger partial charge < -0.3 is 10.2 Å². The van der Waals surface area contributed by atoms with Crippen LogP contribution in [0, 0.1) is 11.8 Å². The molecule has 2 saturated carbocycles. The van der Waals surface area contributed by atoms with E-state index in [0.717, 1.165) is 17.9 Å². The summed E-state index contributed by atoms with van der Waals surface area (Å²) >= 11 is 0. The third-order valence-electron chi connectivity index (χ3n) is 5.31. The number of nitrogens with one attached hydrogen (secondary N) is 1. The highest BCUT2D eigenvalue weighted by molar-refractivity contribution is 4.87. The van der Waals surface area contributed by atoms with Crippen molar-refractivity contribution in [3.05, 3.63) is 0 Å². The van der Waals surface area contributed by atoms with Crippen LogP contribution in [0.15, 0.2) is 0 Å². The van der Waals surface area contributed by atoms with Crippen LogP contribution in [-0.2, 0) is 0 Å². The Morgan fingerprint density at radius 2 is 1.67 bits per heavy atom. The number of hydrogen-bond donors (Lipinski definition) is 1. The van der Waals surface area contributed by atoms with E-state index in [1.165, 1.54) is 84.0 Å². The van der Waals surface area contributed by atoms with Crippen molar-refractivity contribution in [1.29, 1.82) is 0 Å². The molecule has 3 rings (SSSR count). The van der Waals surface area contributed by atoms with E-state index in [1.807, 2.05) is 0 Å². The van der Waals surface area contributed by atoms with Crippen LogP contribution in [0.4, 0.5) is 0 Å². The van der Waals surface area contributed by atoms with Crippen molar-refractivity contribution < 1.29 is 0 Å². The molecule has 0 radical (unpaired) electrons. The summed E-state index contributed by atoms with van der Waals surface area (Å²) in [5.74, 6) is 2.20. The van der Waals surface area contributed by atoms with Crippen molar-refractivity contribution in [3.63, 3.8) is 0 Å². The van der Waals surface area contributed by atoms with E-state index in [-0.39, 0.29) is 0 Å². The molecule has 1 N–H and O–H groups in total. The van der Waals surface area contributed by atoms with Crippen LogP contribution in [0.2, 0.25) is 0 Å². The highest BCUT2D eigenvalue weighted by Gasteiger charge is 2.34. The zero-order valence-corrected chi connectivity index (χ0v) is 11.9. The molecule has 1 heterocycles. The fraction of sp³-hybridized carbons (Fsp3) is 1.00. The summed E-state index contributed by atoms with van der Waals surface area (Å²) in [5.41, 5.74) is 0. The van der Waals surface area contributed by atoms with E-state index in [0.29, 0.717) is 0 Å². The largest absolute Gasteiger partial charge is 0.313 e. The van der Waals surface area contributed by atoms with Gasteiger partial charge >= 0.3 is 0 Å². The summed E-state index contributed by atoms with van der Waals surface area (Å²) in [4.78, 5) is 2.65. The van der Waals surface area contributed by atoms with Gasteiger partial charge in [-0.05, 0) is 63.5 Å². The Morgan fingerprint density at radius 1 is 0.833 bits per heavy atom. The second-order valence-electron chi connectivity index (χ2n) is 6.82. The molecule has 0 amide bonds. The lowest BCUT2D eigenvalue weighted by molar-refractivity contribution is 0.213. The molecule has 0 aromatic carbocycles. The molecule has 3 fully saturated rings. The fourth-order valence-electron chi connectivity index (χ4n) is 4.02. The van der Waals surface area contributed by atoms with Gasteiger partial charge in [-0.15, -0.1) is 0 Å². The molecule has 1 saturated heterocycles. The number of rotatable bonds is 5. The summed E-state index contributed by atoms with van der Waals surface area (Å²) in [6.45, 7) is 5.20. The van der Waals surface area contributed by atoms with Gasteiger partial charge in [0.1, 0.15) is 0 Å². The molecule has 2 unspecified atom stereocenters. The molecule has 2 aliphatic carbocycles. The Hall–Kier alpha value is -0.0800. The molecule has 3 aliphatic rings. The van der Waals surface area contributed by atoms with E-state index in [9.17, 15) is 0 Å². The van der Waals surface area contributed by atoms with Gasteiger partial charge in [0.2, 0.25) is 0 Å². The topological polar surface area (TPSA) is 15.3 Å². The normalized spacial score (nSPS) is 34.7. The van der Waals surface area contributed by atoms with E-state index < -0.39 is 0 Å². The highest BCUT2D eigenvalue weighted by Crippen LogP contribution is 2.43. The Bertz CT molecular complexity index is 243. The highest BCUT2D eigenvalue weighted by atomic mass is 15.1. The number of hydrogen-bond acceptors (Lipinski definition) is 2. The molecular weight excluding hydrogens is 220 g/mol. The maximum absolute atomic E-state index is 3.84. The van der Waals surface area contributed by atoms with Crippen molar-refractivity contribution in [1.82, 2.24) is 10.2 Å². The molecule has 0 spiro atoms. The fourth-order valence-corrected chi connectivity index (χ4v) is 4.02. The number of likely N-dealkylation sites (tertiary alicyclic amines) is 1. The molecule has 18 heavy (non-hydrogen) atoms. The summed E-state index contributed by atoms with van der Waals surface area (Å²) < 4.78 is 0. The lowest BCUT2D eigenvalue weighted by Gasteiger charge is -2.31. The predicted octanol–water partition coefficient (Wildman–Crippen LogP) is 3.03.